The summed E-state index contributed by atoms with van der Waals surface area (Å²) in [6, 6.07) is 15.4. The zero-order valence-electron chi connectivity index (χ0n) is 19.3. The summed E-state index contributed by atoms with van der Waals surface area (Å²) in [5, 5.41) is 0. The molecule has 0 radical (unpaired) electrons. The number of fused-ring (bicyclic) bond motifs is 1. The van der Waals surface area contributed by atoms with Gasteiger partial charge in [0.2, 0.25) is 14.4 Å². The molecule has 0 spiro atoms. The van der Waals surface area contributed by atoms with Crippen LogP contribution in [0.1, 0.15) is 11.1 Å². The minimum absolute atomic E-state index is 0.0814. The molecule has 4 rings (SSSR count). The number of anilines is 2. The van der Waals surface area contributed by atoms with Gasteiger partial charge < -0.3 is 4.74 Å². The highest BCUT2D eigenvalue weighted by Crippen LogP contribution is 2.49. The minimum Gasteiger partial charge on any atom is -0.495 e. The summed E-state index contributed by atoms with van der Waals surface area (Å²) in [7, 11) is -7.48. The second-order valence-corrected chi connectivity index (χ2v) is 14.5. The maximum Gasteiger partial charge on any atom is 0.425 e. The van der Waals surface area contributed by atoms with Crippen molar-refractivity contribution in [2.75, 3.05) is 16.6 Å². The molecule has 38 heavy (non-hydrogen) atoms. The van der Waals surface area contributed by atoms with Gasteiger partial charge in [-0.15, -0.1) is 11.8 Å². The first-order valence-electron chi connectivity index (χ1n) is 10.7. The predicted octanol–water partition coefficient (Wildman–Crippen LogP) is 6.10. The number of sulfonamides is 2. The number of alkyl halides is 5. The summed E-state index contributed by atoms with van der Waals surface area (Å²) in [5.74, 6) is -0.286. The maximum atomic E-state index is 13.4. The minimum atomic E-state index is -5.11. The third-order valence-corrected chi connectivity index (χ3v) is 11.3. The van der Waals surface area contributed by atoms with Crippen LogP contribution in [0.15, 0.2) is 76.5 Å². The molecule has 15 heteroatoms. The predicted molar refractivity (Wildman–Crippen MR) is 142 cm³/mol. The number of ether oxygens (including phenoxy) is 1. The highest BCUT2D eigenvalue weighted by molar-refractivity contribution is 8.14. The van der Waals surface area contributed by atoms with Crippen molar-refractivity contribution in [3.63, 3.8) is 0 Å². The van der Waals surface area contributed by atoms with Crippen molar-refractivity contribution >= 4 is 66.4 Å². The van der Waals surface area contributed by atoms with E-state index in [4.69, 9.17) is 27.9 Å². The van der Waals surface area contributed by atoms with E-state index in [0.717, 1.165) is 29.7 Å². The number of benzene rings is 3. The van der Waals surface area contributed by atoms with Gasteiger partial charge in [-0.05, 0) is 41.5 Å². The summed E-state index contributed by atoms with van der Waals surface area (Å²) in [5.41, 5.74) is -0.117. The van der Waals surface area contributed by atoms with Gasteiger partial charge in [0, 0.05) is 11.3 Å². The Kier molecular flexibility index (Phi) is 7.80. The van der Waals surface area contributed by atoms with Crippen molar-refractivity contribution < 1.29 is 34.7 Å². The van der Waals surface area contributed by atoms with Crippen LogP contribution in [-0.4, -0.2) is 34.7 Å². The molecule has 3 aromatic carbocycles. The van der Waals surface area contributed by atoms with Crippen LogP contribution in [0.3, 0.4) is 0 Å². The first-order chi connectivity index (χ1) is 17.7. The quantitative estimate of drug-likeness (QED) is 0.293. The first-order valence-corrected chi connectivity index (χ1v) is 15.3. The molecule has 1 atom stereocenters. The normalized spacial score (nSPS) is 16.1. The molecule has 1 unspecified atom stereocenters. The monoisotopic (exact) mass is 626 g/mol. The van der Waals surface area contributed by atoms with Crippen LogP contribution in [0.25, 0.3) is 0 Å². The molecule has 204 valence electrons. The van der Waals surface area contributed by atoms with Gasteiger partial charge in [0.15, 0.2) is 0 Å². The lowest BCUT2D eigenvalue weighted by Gasteiger charge is -2.24. The van der Waals surface area contributed by atoms with Gasteiger partial charge in [0.05, 0.1) is 18.5 Å². The van der Waals surface area contributed by atoms with Crippen LogP contribution in [0.2, 0.25) is 0 Å². The molecule has 0 aliphatic carbocycles. The molecule has 0 saturated heterocycles. The van der Waals surface area contributed by atoms with E-state index in [1.807, 2.05) is 18.2 Å². The standard InChI is InChI=1S/C23H19Cl2F3N2O5S3/c1-35-18-11-10-15(22(24,25)23(26,27)28)13-20(18)37(31,32)29-16-7-3-4-8-17(16)30-38(33,34)21-12-14-6-2-5-9-19(14)36-21/h2-11,13,21,29-30H,12H2,1H3. The van der Waals surface area contributed by atoms with Gasteiger partial charge in [-0.2, -0.15) is 13.2 Å². The van der Waals surface area contributed by atoms with Crippen molar-refractivity contribution in [2.24, 2.45) is 0 Å². The Morgan fingerprint density at radius 3 is 2.13 bits per heavy atom. The molecule has 0 bridgehead atoms. The summed E-state index contributed by atoms with van der Waals surface area (Å²) >= 11 is 12.2. The third-order valence-electron chi connectivity index (χ3n) is 5.56. The van der Waals surface area contributed by atoms with Gasteiger partial charge in [-0.3, -0.25) is 9.44 Å². The Morgan fingerprint density at radius 1 is 0.921 bits per heavy atom. The molecule has 3 aromatic rings. The molecule has 2 N–H and O–H groups in total. The average molecular weight is 628 g/mol. The van der Waals surface area contributed by atoms with Crippen molar-refractivity contribution in [1.29, 1.82) is 0 Å². The number of hydrogen-bond donors (Lipinski definition) is 2. The van der Waals surface area contributed by atoms with Crippen LogP contribution in [-0.2, 0) is 30.8 Å². The Labute approximate surface area is 231 Å². The van der Waals surface area contributed by atoms with E-state index in [-0.39, 0.29) is 23.5 Å². The number of para-hydroxylation sites is 2. The van der Waals surface area contributed by atoms with Gasteiger partial charge >= 0.3 is 6.18 Å². The lowest BCUT2D eigenvalue weighted by atomic mass is 10.1. The molecule has 1 heterocycles. The molecule has 0 saturated carbocycles. The fourth-order valence-corrected chi connectivity index (χ4v) is 8.14. The van der Waals surface area contributed by atoms with Crippen molar-refractivity contribution in [2.45, 2.75) is 31.3 Å². The topological polar surface area (TPSA) is 102 Å². The largest absolute Gasteiger partial charge is 0.495 e. The number of methoxy groups -OCH3 is 1. The van der Waals surface area contributed by atoms with E-state index in [2.05, 4.69) is 9.44 Å². The van der Waals surface area contributed by atoms with Gasteiger partial charge in [-0.25, -0.2) is 16.8 Å². The highest BCUT2D eigenvalue weighted by atomic mass is 35.5. The number of rotatable bonds is 8. The van der Waals surface area contributed by atoms with Gasteiger partial charge in [0.1, 0.15) is 15.2 Å². The summed E-state index contributed by atoms with van der Waals surface area (Å²) in [6.07, 6.45) is -4.85. The SMILES string of the molecule is COc1ccc(C(Cl)(Cl)C(F)(F)F)cc1S(=O)(=O)Nc1ccccc1NS(=O)(=O)C1Cc2ccccc2S1. The zero-order valence-corrected chi connectivity index (χ0v) is 23.3. The number of thioether (sulfide) groups is 1. The lowest BCUT2D eigenvalue weighted by Crippen LogP contribution is -2.31. The average Bonchev–Trinajstić information content (AvgIpc) is 3.29. The van der Waals surface area contributed by atoms with Crippen molar-refractivity contribution in [3.8, 4) is 5.75 Å². The Bertz CT molecular complexity index is 1560. The summed E-state index contributed by atoms with van der Waals surface area (Å²) < 4.78 is 98.4. The molecular formula is C23H19Cl2F3N2O5S3. The second-order valence-electron chi connectivity index (χ2n) is 8.10. The molecule has 0 fully saturated rings. The molecule has 1 aliphatic heterocycles. The first kappa shape index (κ1) is 28.7. The molecule has 7 nitrogen and oxygen atoms in total. The molecular weight excluding hydrogens is 608 g/mol. The summed E-state index contributed by atoms with van der Waals surface area (Å²) in [6.45, 7) is 0. The summed E-state index contributed by atoms with van der Waals surface area (Å²) in [4.78, 5) is 0.143. The van der Waals surface area contributed by atoms with Crippen molar-refractivity contribution in [3.05, 3.63) is 77.9 Å². The fraction of sp³-hybridized carbons (Fsp3) is 0.217. The number of halogens is 5. The van der Waals surface area contributed by atoms with Crippen LogP contribution >= 0.6 is 35.0 Å². The molecule has 1 aliphatic rings. The smallest absolute Gasteiger partial charge is 0.425 e. The van der Waals surface area contributed by atoms with E-state index in [1.165, 1.54) is 36.0 Å². The van der Waals surface area contributed by atoms with Gasteiger partial charge in [0.25, 0.3) is 10.0 Å². The van der Waals surface area contributed by atoms with Crippen LogP contribution in [0, 0.1) is 0 Å². The maximum absolute atomic E-state index is 13.4. The Hall–Kier alpha value is -2.32. The molecule has 0 aromatic heterocycles. The number of nitrogens with one attached hydrogen (secondary N) is 2. The second kappa shape index (κ2) is 10.3. The Morgan fingerprint density at radius 2 is 1.53 bits per heavy atom. The molecule has 0 amide bonds. The van der Waals surface area contributed by atoms with Crippen molar-refractivity contribution in [1.82, 2.24) is 0 Å². The number of hydrogen-bond acceptors (Lipinski definition) is 6. The van der Waals surface area contributed by atoms with Crippen LogP contribution < -0.4 is 14.2 Å². The Balaban J connectivity index is 1.65. The van der Waals surface area contributed by atoms with Gasteiger partial charge in [-0.1, -0.05) is 59.6 Å². The van der Waals surface area contributed by atoms with E-state index in [9.17, 15) is 30.0 Å². The van der Waals surface area contributed by atoms with Crippen LogP contribution in [0.5, 0.6) is 5.75 Å². The van der Waals surface area contributed by atoms with E-state index >= 15 is 0 Å². The van der Waals surface area contributed by atoms with Crippen LogP contribution in [0.4, 0.5) is 24.5 Å². The lowest BCUT2D eigenvalue weighted by molar-refractivity contribution is -0.143. The highest BCUT2D eigenvalue weighted by Gasteiger charge is 2.54. The fourth-order valence-electron chi connectivity index (χ4n) is 3.65. The third kappa shape index (κ3) is 5.67. The van der Waals surface area contributed by atoms with E-state index < -0.39 is 45.6 Å². The zero-order chi connectivity index (χ0) is 27.9. The van der Waals surface area contributed by atoms with E-state index in [0.29, 0.717) is 6.07 Å². The van der Waals surface area contributed by atoms with E-state index in [1.54, 1.807) is 6.07 Å².